The molecule has 2 unspecified atom stereocenters. The Kier molecular flexibility index (Phi) is 75.4. The zero-order valence-electron chi connectivity index (χ0n) is 67.5. The fraction of sp³-hybridized carbons (Fsp3) is 0.952. The van der Waals surface area contributed by atoms with Gasteiger partial charge in [-0.05, 0) is 31.6 Å². The average molecular weight is 1510 g/mol. The molecule has 0 saturated carbocycles. The average Bonchev–Trinajstić information content (AvgIpc) is 0.925. The molecule has 19 heteroatoms. The van der Waals surface area contributed by atoms with Crippen LogP contribution in [0.3, 0.4) is 0 Å². The summed E-state index contributed by atoms with van der Waals surface area (Å²) in [5, 5.41) is 10.7. The molecule has 0 spiro atoms. The number of carbonyl (C=O) groups excluding carboxylic acids is 4. The molecule has 0 saturated heterocycles. The number of rotatable bonds is 84. The van der Waals surface area contributed by atoms with E-state index in [2.05, 4.69) is 34.6 Å². The third-order valence-electron chi connectivity index (χ3n) is 19.8. The SMILES string of the molecule is CCCCCCCCCCCCCCCCCCC(=O)OC[C@H](COP(=O)(O)OC[C@@H](O)COP(=O)(O)OC[C@@H](COC(=O)CCCCCCCCCCCCCC)OC(=O)CCCCCCCCCCCCCCCC)OC(=O)CCCCCCCCCCCCCCCCCCCCC(C)C. The summed E-state index contributed by atoms with van der Waals surface area (Å²) in [5.74, 6) is -1.28. The molecule has 5 atom stereocenters. The van der Waals surface area contributed by atoms with Crippen LogP contribution in [0.1, 0.15) is 452 Å². The van der Waals surface area contributed by atoms with Gasteiger partial charge in [0.15, 0.2) is 12.2 Å². The van der Waals surface area contributed by atoms with Crippen molar-refractivity contribution in [1.82, 2.24) is 0 Å². The Morgan fingerprint density at radius 2 is 0.447 bits per heavy atom. The van der Waals surface area contributed by atoms with Crippen molar-refractivity contribution in [3.63, 3.8) is 0 Å². The zero-order valence-corrected chi connectivity index (χ0v) is 69.3. The smallest absolute Gasteiger partial charge is 0.462 e. The van der Waals surface area contributed by atoms with E-state index in [1.165, 1.54) is 276 Å². The fourth-order valence-corrected chi connectivity index (χ4v) is 14.7. The molecule has 0 aliphatic carbocycles. The summed E-state index contributed by atoms with van der Waals surface area (Å²) in [6.45, 7) is 7.40. The highest BCUT2D eigenvalue weighted by Gasteiger charge is 2.30. The molecule has 0 amide bonds. The monoisotopic (exact) mass is 1510 g/mol. The van der Waals surface area contributed by atoms with Crippen LogP contribution in [0.25, 0.3) is 0 Å². The van der Waals surface area contributed by atoms with Crippen LogP contribution in [0.15, 0.2) is 0 Å². The van der Waals surface area contributed by atoms with Crippen LogP contribution in [-0.4, -0.2) is 96.7 Å². The molecular weight excluding hydrogens is 1340 g/mol. The van der Waals surface area contributed by atoms with Gasteiger partial charge in [0.05, 0.1) is 26.4 Å². The fourth-order valence-electron chi connectivity index (χ4n) is 13.1. The van der Waals surface area contributed by atoms with Crippen molar-refractivity contribution in [2.45, 2.75) is 470 Å². The van der Waals surface area contributed by atoms with Crippen LogP contribution in [0, 0.1) is 5.92 Å². The summed E-state index contributed by atoms with van der Waals surface area (Å²) >= 11 is 0. The van der Waals surface area contributed by atoms with Crippen molar-refractivity contribution in [2.75, 3.05) is 39.6 Å². The maximum atomic E-state index is 13.1. The molecular formula is C84H164O17P2. The third-order valence-corrected chi connectivity index (χ3v) is 21.7. The molecule has 0 fully saturated rings. The van der Waals surface area contributed by atoms with Crippen molar-refractivity contribution >= 4 is 39.5 Å². The lowest BCUT2D eigenvalue weighted by atomic mass is 10.0. The molecule has 0 heterocycles. The summed E-state index contributed by atoms with van der Waals surface area (Å²) in [7, 11) is -9.92. The molecule has 0 aromatic rings. The van der Waals surface area contributed by atoms with Gasteiger partial charge in [0.1, 0.15) is 19.3 Å². The molecule has 0 aromatic carbocycles. The van der Waals surface area contributed by atoms with Gasteiger partial charge in [-0.25, -0.2) is 9.13 Å². The number of aliphatic hydroxyl groups is 1. The molecule has 0 bridgehead atoms. The highest BCUT2D eigenvalue weighted by atomic mass is 31.2. The second kappa shape index (κ2) is 76.8. The van der Waals surface area contributed by atoms with Crippen molar-refractivity contribution in [2.24, 2.45) is 5.92 Å². The molecule has 612 valence electrons. The summed E-state index contributed by atoms with van der Waals surface area (Å²) in [5.41, 5.74) is 0. The van der Waals surface area contributed by atoms with E-state index < -0.39 is 97.5 Å². The third kappa shape index (κ3) is 78.0. The van der Waals surface area contributed by atoms with Gasteiger partial charge in [-0.15, -0.1) is 0 Å². The summed E-state index contributed by atoms with van der Waals surface area (Å²) in [4.78, 5) is 73.2. The van der Waals surface area contributed by atoms with Gasteiger partial charge in [-0.1, -0.05) is 401 Å². The van der Waals surface area contributed by atoms with Crippen LogP contribution in [0.5, 0.6) is 0 Å². The van der Waals surface area contributed by atoms with E-state index in [1.807, 2.05) is 0 Å². The number of phosphoric ester groups is 2. The number of phosphoric acid groups is 2. The van der Waals surface area contributed by atoms with Crippen LogP contribution < -0.4 is 0 Å². The van der Waals surface area contributed by atoms with Crippen LogP contribution in [-0.2, 0) is 65.4 Å². The largest absolute Gasteiger partial charge is 0.472 e. The first kappa shape index (κ1) is 101. The first-order chi connectivity index (χ1) is 50.0. The lowest BCUT2D eigenvalue weighted by Crippen LogP contribution is -2.30. The maximum Gasteiger partial charge on any atom is 0.472 e. The van der Waals surface area contributed by atoms with E-state index in [4.69, 9.17) is 37.0 Å². The summed E-state index contributed by atoms with van der Waals surface area (Å²) in [6.07, 6.45) is 69.3. The van der Waals surface area contributed by atoms with Crippen LogP contribution >= 0.6 is 15.6 Å². The minimum atomic E-state index is -4.96. The maximum absolute atomic E-state index is 13.1. The Morgan fingerprint density at radius 3 is 0.660 bits per heavy atom. The second-order valence-corrected chi connectivity index (χ2v) is 33.6. The van der Waals surface area contributed by atoms with Crippen molar-refractivity contribution in [3.8, 4) is 0 Å². The number of aliphatic hydroxyl groups excluding tert-OH is 1. The van der Waals surface area contributed by atoms with E-state index in [0.29, 0.717) is 25.7 Å². The van der Waals surface area contributed by atoms with Gasteiger partial charge in [0.25, 0.3) is 0 Å². The first-order valence-corrected chi connectivity index (χ1v) is 46.6. The Morgan fingerprint density at radius 1 is 0.262 bits per heavy atom. The van der Waals surface area contributed by atoms with E-state index in [-0.39, 0.29) is 25.7 Å². The number of esters is 4. The molecule has 3 N–H and O–H groups in total. The second-order valence-electron chi connectivity index (χ2n) is 30.7. The van der Waals surface area contributed by atoms with Crippen LogP contribution in [0.2, 0.25) is 0 Å². The number of carbonyl (C=O) groups is 4. The minimum absolute atomic E-state index is 0.109. The van der Waals surface area contributed by atoms with Gasteiger partial charge in [-0.3, -0.25) is 37.3 Å². The zero-order chi connectivity index (χ0) is 75.5. The molecule has 0 radical (unpaired) electrons. The molecule has 17 nitrogen and oxygen atoms in total. The van der Waals surface area contributed by atoms with E-state index in [0.717, 1.165) is 95.8 Å². The Bertz CT molecular complexity index is 1960. The van der Waals surface area contributed by atoms with Crippen LogP contribution in [0.4, 0.5) is 0 Å². The minimum Gasteiger partial charge on any atom is -0.462 e. The van der Waals surface area contributed by atoms with E-state index in [1.54, 1.807) is 0 Å². The predicted octanol–water partition coefficient (Wildman–Crippen LogP) is 25.6. The molecule has 0 aliphatic rings. The number of ether oxygens (including phenoxy) is 4. The normalized spacial score (nSPS) is 13.8. The van der Waals surface area contributed by atoms with Gasteiger partial charge >= 0.3 is 39.5 Å². The van der Waals surface area contributed by atoms with E-state index >= 15 is 0 Å². The lowest BCUT2D eigenvalue weighted by Gasteiger charge is -2.21. The first-order valence-electron chi connectivity index (χ1n) is 43.6. The van der Waals surface area contributed by atoms with Crippen molar-refractivity contribution in [3.05, 3.63) is 0 Å². The van der Waals surface area contributed by atoms with Gasteiger partial charge < -0.3 is 33.8 Å². The Balaban J connectivity index is 5.24. The predicted molar refractivity (Wildman–Crippen MR) is 423 cm³/mol. The van der Waals surface area contributed by atoms with Gasteiger partial charge in [-0.2, -0.15) is 0 Å². The summed E-state index contributed by atoms with van der Waals surface area (Å²) in [6, 6.07) is 0. The number of hydrogen-bond donors (Lipinski definition) is 3. The quantitative estimate of drug-likeness (QED) is 0.0222. The molecule has 0 rings (SSSR count). The highest BCUT2D eigenvalue weighted by molar-refractivity contribution is 7.47. The molecule has 0 aromatic heterocycles. The molecule has 0 aliphatic heterocycles. The number of unbranched alkanes of at least 4 members (excludes halogenated alkanes) is 56. The lowest BCUT2D eigenvalue weighted by molar-refractivity contribution is -0.161. The summed E-state index contributed by atoms with van der Waals surface area (Å²) < 4.78 is 68.8. The topological polar surface area (TPSA) is 237 Å². The highest BCUT2D eigenvalue weighted by Crippen LogP contribution is 2.45. The van der Waals surface area contributed by atoms with Crippen molar-refractivity contribution < 1.29 is 80.2 Å². The van der Waals surface area contributed by atoms with Crippen molar-refractivity contribution in [1.29, 1.82) is 0 Å². The van der Waals surface area contributed by atoms with Gasteiger partial charge in [0, 0.05) is 25.7 Å². The van der Waals surface area contributed by atoms with E-state index in [9.17, 15) is 43.2 Å². The number of hydrogen-bond acceptors (Lipinski definition) is 15. The Hall–Kier alpha value is -1.94. The Labute approximate surface area is 632 Å². The van der Waals surface area contributed by atoms with Gasteiger partial charge in [0.2, 0.25) is 0 Å². The molecule has 103 heavy (non-hydrogen) atoms. The standard InChI is InChI=1S/C84H164O17P2/c1-6-9-12-15-18-21-24-27-29-35-39-43-48-53-58-63-68-82(87)95-74-80(101-84(89)70-65-60-55-50-45-40-36-33-31-30-32-34-37-41-46-51-56-61-66-77(4)5)76-99-103(92,93)97-72-78(85)71-96-102(90,91)98-75-79(73-94-81(86)67-62-57-52-47-42-26-23-20-17-14-11-8-3)100-83(88)69-64-59-54-49-44-38-28-25-22-19-16-13-10-7-2/h77-80,85H,6-76H2,1-5H3,(H,90,91)(H,92,93)/t78-,79+,80+/m0/s1.